The lowest BCUT2D eigenvalue weighted by atomic mass is 9.94. The number of anilines is 1. The van der Waals surface area contributed by atoms with E-state index in [-0.39, 0.29) is 42.6 Å². The summed E-state index contributed by atoms with van der Waals surface area (Å²) in [5, 5.41) is 4.70. The number of hydrogen-bond acceptors (Lipinski definition) is 7. The van der Waals surface area contributed by atoms with Crippen LogP contribution in [0.1, 0.15) is 39.3 Å². The average molecular weight is 513 g/mol. The van der Waals surface area contributed by atoms with E-state index < -0.39 is 0 Å². The number of thiophene rings is 1. The molecule has 36 heavy (non-hydrogen) atoms. The van der Waals surface area contributed by atoms with Crippen LogP contribution in [-0.4, -0.2) is 97.6 Å². The molecule has 3 aliphatic rings. The first-order valence-corrected chi connectivity index (χ1v) is 13.3. The van der Waals surface area contributed by atoms with Gasteiger partial charge in [0, 0.05) is 38.9 Å². The number of benzene rings is 1. The third-order valence-corrected chi connectivity index (χ3v) is 8.14. The SMILES string of the molecule is CN1CCN(C(=O)C[C@H]2CC[C@H]3[C@@H](COc4ccc(NC(=O)c5cccs5)cc4C(=O)N3C)O2)CC1. The van der Waals surface area contributed by atoms with Crippen molar-refractivity contribution in [2.45, 2.75) is 37.5 Å². The minimum atomic E-state index is -0.315. The van der Waals surface area contributed by atoms with E-state index in [9.17, 15) is 14.4 Å². The fourth-order valence-electron chi connectivity index (χ4n) is 5.09. The second-order valence-electron chi connectivity index (χ2n) is 9.70. The number of rotatable bonds is 4. The molecule has 3 amide bonds. The lowest BCUT2D eigenvalue weighted by Gasteiger charge is -2.42. The zero-order chi connectivity index (χ0) is 25.2. The van der Waals surface area contributed by atoms with Gasteiger partial charge in [-0.15, -0.1) is 11.3 Å². The van der Waals surface area contributed by atoms with Crippen molar-refractivity contribution in [2.24, 2.45) is 0 Å². The standard InChI is InChI=1S/C26H32N4O5S/c1-28-9-11-30(12-10-28)24(31)15-18-6-7-20-22(35-18)16-34-21-8-5-17(14-19(21)26(33)29(20)2)27-25(32)23-4-3-13-36-23/h3-5,8,13-14,18,20,22H,6-7,9-12,15-16H2,1-2H3,(H,27,32)/t18-,20+,22-/m1/s1. The number of nitrogens with zero attached hydrogens (tertiary/aromatic N) is 3. The second-order valence-corrected chi connectivity index (χ2v) is 10.6. The Morgan fingerprint density at radius 3 is 2.67 bits per heavy atom. The molecule has 10 heteroatoms. The van der Waals surface area contributed by atoms with E-state index >= 15 is 0 Å². The van der Waals surface area contributed by atoms with Crippen molar-refractivity contribution in [3.63, 3.8) is 0 Å². The highest BCUT2D eigenvalue weighted by atomic mass is 32.1. The summed E-state index contributed by atoms with van der Waals surface area (Å²) in [7, 11) is 3.85. The molecule has 4 heterocycles. The Kier molecular flexibility index (Phi) is 7.27. The van der Waals surface area contributed by atoms with Gasteiger partial charge in [-0.25, -0.2) is 0 Å². The van der Waals surface area contributed by atoms with Gasteiger partial charge in [-0.2, -0.15) is 0 Å². The number of amides is 3. The second kappa shape index (κ2) is 10.6. The zero-order valence-corrected chi connectivity index (χ0v) is 21.5. The van der Waals surface area contributed by atoms with Gasteiger partial charge in [0.2, 0.25) is 5.91 Å². The van der Waals surface area contributed by atoms with Crippen LogP contribution in [0.25, 0.3) is 0 Å². The number of piperazine rings is 1. The molecule has 1 aromatic carbocycles. The van der Waals surface area contributed by atoms with Crippen molar-refractivity contribution in [2.75, 3.05) is 52.2 Å². The van der Waals surface area contributed by atoms with Gasteiger partial charge >= 0.3 is 0 Å². The average Bonchev–Trinajstić information content (AvgIpc) is 3.42. The first-order valence-electron chi connectivity index (χ1n) is 12.4. The summed E-state index contributed by atoms with van der Waals surface area (Å²) in [5.74, 6) is 0.196. The number of likely N-dealkylation sites (N-methyl/N-ethyl adjacent to an activating group) is 2. The first-order chi connectivity index (χ1) is 17.4. The van der Waals surface area contributed by atoms with Gasteiger partial charge in [0.25, 0.3) is 11.8 Å². The predicted octanol–water partition coefficient (Wildman–Crippen LogP) is 2.55. The third kappa shape index (κ3) is 5.25. The zero-order valence-electron chi connectivity index (χ0n) is 20.6. The van der Waals surface area contributed by atoms with E-state index in [0.717, 1.165) is 32.6 Å². The van der Waals surface area contributed by atoms with Gasteiger partial charge < -0.3 is 29.5 Å². The number of fused-ring (bicyclic) bond motifs is 2. The van der Waals surface area contributed by atoms with Gasteiger partial charge in [0.05, 0.1) is 29.0 Å². The highest BCUT2D eigenvalue weighted by molar-refractivity contribution is 7.12. The van der Waals surface area contributed by atoms with E-state index in [4.69, 9.17) is 9.47 Å². The maximum atomic E-state index is 13.4. The van der Waals surface area contributed by atoms with E-state index in [1.165, 1.54) is 11.3 Å². The summed E-state index contributed by atoms with van der Waals surface area (Å²) in [5.41, 5.74) is 0.948. The number of carbonyl (C=O) groups is 3. The smallest absolute Gasteiger partial charge is 0.265 e. The number of hydrogen-bond donors (Lipinski definition) is 1. The Morgan fingerprint density at radius 2 is 1.92 bits per heavy atom. The summed E-state index contributed by atoms with van der Waals surface area (Å²) in [6, 6.07) is 8.54. The lowest BCUT2D eigenvalue weighted by molar-refractivity contribution is -0.144. The van der Waals surface area contributed by atoms with Gasteiger partial charge in [-0.3, -0.25) is 14.4 Å². The van der Waals surface area contributed by atoms with Crippen LogP contribution >= 0.6 is 11.3 Å². The summed E-state index contributed by atoms with van der Waals surface area (Å²) in [6.07, 6.45) is 1.31. The van der Waals surface area contributed by atoms with Crippen LogP contribution in [0.4, 0.5) is 5.69 Å². The predicted molar refractivity (Wildman–Crippen MR) is 137 cm³/mol. The molecule has 2 aromatic rings. The molecule has 0 bridgehead atoms. The lowest BCUT2D eigenvalue weighted by Crippen LogP contribution is -2.54. The molecule has 9 nitrogen and oxygen atoms in total. The molecule has 1 aromatic heterocycles. The van der Waals surface area contributed by atoms with Crippen LogP contribution in [-0.2, 0) is 9.53 Å². The van der Waals surface area contributed by atoms with Crippen LogP contribution < -0.4 is 10.1 Å². The number of carbonyl (C=O) groups excluding carboxylic acids is 3. The molecule has 192 valence electrons. The molecule has 0 unspecified atom stereocenters. The van der Waals surface area contributed by atoms with Gasteiger partial charge in [0.15, 0.2) is 0 Å². The van der Waals surface area contributed by atoms with Crippen LogP contribution in [0.3, 0.4) is 0 Å². The minimum absolute atomic E-state index is 0.130. The van der Waals surface area contributed by atoms with E-state index in [2.05, 4.69) is 17.3 Å². The van der Waals surface area contributed by atoms with E-state index in [0.29, 0.717) is 34.7 Å². The van der Waals surface area contributed by atoms with Crippen molar-refractivity contribution in [1.29, 1.82) is 0 Å². The summed E-state index contributed by atoms with van der Waals surface area (Å²) < 4.78 is 12.4. The Bertz CT molecular complexity index is 1120. The van der Waals surface area contributed by atoms with Crippen LogP contribution in [0.2, 0.25) is 0 Å². The normalized spacial score (nSPS) is 24.7. The minimum Gasteiger partial charge on any atom is -0.490 e. The fourth-order valence-corrected chi connectivity index (χ4v) is 5.70. The maximum Gasteiger partial charge on any atom is 0.265 e. The molecule has 0 aliphatic carbocycles. The molecule has 2 saturated heterocycles. The summed E-state index contributed by atoms with van der Waals surface area (Å²) in [4.78, 5) is 45.2. The van der Waals surface area contributed by atoms with Gasteiger partial charge in [-0.05, 0) is 49.5 Å². The van der Waals surface area contributed by atoms with Crippen LogP contribution in [0.15, 0.2) is 35.7 Å². The Morgan fingerprint density at radius 1 is 1.11 bits per heavy atom. The Hall–Kier alpha value is -2.95. The summed E-state index contributed by atoms with van der Waals surface area (Å²) in [6.45, 7) is 3.57. The molecule has 0 spiro atoms. The monoisotopic (exact) mass is 512 g/mol. The first kappa shape index (κ1) is 24.7. The van der Waals surface area contributed by atoms with Crippen molar-refractivity contribution >= 4 is 34.7 Å². The highest BCUT2D eigenvalue weighted by Gasteiger charge is 2.39. The molecule has 3 atom stereocenters. The van der Waals surface area contributed by atoms with Crippen molar-refractivity contribution < 1.29 is 23.9 Å². The Labute approximate surface area is 214 Å². The number of nitrogens with one attached hydrogen (secondary N) is 1. The third-order valence-electron chi connectivity index (χ3n) is 7.27. The summed E-state index contributed by atoms with van der Waals surface area (Å²) >= 11 is 1.36. The van der Waals surface area contributed by atoms with Crippen molar-refractivity contribution in [3.05, 3.63) is 46.2 Å². The Balaban J connectivity index is 1.25. The molecule has 0 saturated carbocycles. The van der Waals surface area contributed by atoms with Crippen molar-refractivity contribution in [1.82, 2.24) is 14.7 Å². The van der Waals surface area contributed by atoms with Crippen molar-refractivity contribution in [3.8, 4) is 5.75 Å². The number of ether oxygens (including phenoxy) is 2. The molecule has 3 aliphatic heterocycles. The highest BCUT2D eigenvalue weighted by Crippen LogP contribution is 2.33. The molecule has 2 fully saturated rings. The molecule has 0 radical (unpaired) electrons. The molecule has 5 rings (SSSR count). The molecular formula is C26H32N4O5S. The van der Waals surface area contributed by atoms with Crippen LogP contribution in [0.5, 0.6) is 5.75 Å². The van der Waals surface area contributed by atoms with Gasteiger partial charge in [-0.1, -0.05) is 6.07 Å². The topological polar surface area (TPSA) is 91.4 Å². The molecule has 1 N–H and O–H groups in total. The molecular weight excluding hydrogens is 480 g/mol. The largest absolute Gasteiger partial charge is 0.490 e. The van der Waals surface area contributed by atoms with E-state index in [1.807, 2.05) is 16.3 Å². The van der Waals surface area contributed by atoms with Gasteiger partial charge in [0.1, 0.15) is 18.5 Å². The van der Waals surface area contributed by atoms with E-state index in [1.54, 1.807) is 36.2 Å². The maximum absolute atomic E-state index is 13.4. The fraction of sp³-hybridized carbons (Fsp3) is 0.500. The quantitative estimate of drug-likeness (QED) is 0.677. The van der Waals surface area contributed by atoms with Crippen LogP contribution in [0, 0.1) is 0 Å².